The van der Waals surface area contributed by atoms with E-state index in [0.717, 1.165) is 17.0 Å². The molecule has 0 saturated carbocycles. The summed E-state index contributed by atoms with van der Waals surface area (Å²) in [6.07, 6.45) is 2.84. The fraction of sp³-hybridized carbons (Fsp3) is 0.286. The summed E-state index contributed by atoms with van der Waals surface area (Å²) in [7, 11) is 1.82. The van der Waals surface area contributed by atoms with Crippen LogP contribution in [0.3, 0.4) is 0 Å². The summed E-state index contributed by atoms with van der Waals surface area (Å²) in [6.45, 7) is 3.87. The Kier molecular flexibility index (Phi) is 3.67. The SMILES string of the molecule is CNC(c1cc(C)nc(C)c1)c1ccncc1F. The fourth-order valence-electron chi connectivity index (χ4n) is 2.16. The number of pyridine rings is 2. The molecule has 1 N–H and O–H groups in total. The van der Waals surface area contributed by atoms with Gasteiger partial charge in [0.25, 0.3) is 0 Å². The molecule has 0 fully saturated rings. The average Bonchev–Trinajstić information content (AvgIpc) is 2.31. The van der Waals surface area contributed by atoms with Crippen molar-refractivity contribution in [2.45, 2.75) is 19.9 Å². The number of halogens is 1. The van der Waals surface area contributed by atoms with Crippen LogP contribution >= 0.6 is 0 Å². The molecule has 0 bridgehead atoms. The number of nitrogens with zero attached hydrogens (tertiary/aromatic N) is 2. The number of hydrogen-bond acceptors (Lipinski definition) is 3. The first-order chi connectivity index (χ1) is 8.61. The zero-order valence-electron chi connectivity index (χ0n) is 10.7. The maximum Gasteiger partial charge on any atom is 0.146 e. The zero-order valence-corrected chi connectivity index (χ0v) is 10.7. The summed E-state index contributed by atoms with van der Waals surface area (Å²) in [5, 5.41) is 3.13. The van der Waals surface area contributed by atoms with Gasteiger partial charge < -0.3 is 5.32 Å². The van der Waals surface area contributed by atoms with Gasteiger partial charge in [-0.25, -0.2) is 4.39 Å². The molecular formula is C14H16FN3. The normalized spacial score (nSPS) is 12.4. The Morgan fingerprint density at radius 3 is 2.44 bits per heavy atom. The van der Waals surface area contributed by atoms with Crippen LogP contribution in [0.1, 0.15) is 28.6 Å². The van der Waals surface area contributed by atoms with Crippen LogP contribution in [0.4, 0.5) is 4.39 Å². The number of nitrogens with one attached hydrogen (secondary N) is 1. The van der Waals surface area contributed by atoms with Crippen molar-refractivity contribution in [3.05, 3.63) is 58.9 Å². The molecule has 4 heteroatoms. The molecule has 2 aromatic rings. The number of aromatic nitrogens is 2. The molecule has 0 amide bonds. The summed E-state index contributed by atoms with van der Waals surface area (Å²) in [5.41, 5.74) is 3.46. The molecule has 18 heavy (non-hydrogen) atoms. The van der Waals surface area contributed by atoms with Crippen molar-refractivity contribution in [2.24, 2.45) is 0 Å². The minimum absolute atomic E-state index is 0.187. The fourth-order valence-corrected chi connectivity index (χ4v) is 2.16. The number of hydrogen-bond donors (Lipinski definition) is 1. The Balaban J connectivity index is 2.48. The molecule has 2 aromatic heterocycles. The topological polar surface area (TPSA) is 37.8 Å². The lowest BCUT2D eigenvalue weighted by molar-refractivity contribution is 0.570. The Morgan fingerprint density at radius 1 is 1.22 bits per heavy atom. The maximum absolute atomic E-state index is 13.8. The minimum atomic E-state index is -0.302. The predicted molar refractivity (Wildman–Crippen MR) is 68.8 cm³/mol. The van der Waals surface area contributed by atoms with Gasteiger partial charge >= 0.3 is 0 Å². The van der Waals surface area contributed by atoms with Gasteiger partial charge in [-0.3, -0.25) is 9.97 Å². The van der Waals surface area contributed by atoms with E-state index in [1.165, 1.54) is 6.20 Å². The summed E-state index contributed by atoms with van der Waals surface area (Å²) in [5.74, 6) is -0.302. The number of aryl methyl sites for hydroxylation is 2. The van der Waals surface area contributed by atoms with Crippen molar-refractivity contribution in [1.82, 2.24) is 15.3 Å². The van der Waals surface area contributed by atoms with Gasteiger partial charge in [0, 0.05) is 23.1 Å². The van der Waals surface area contributed by atoms with Crippen molar-refractivity contribution in [2.75, 3.05) is 7.05 Å². The standard InChI is InChI=1S/C14H16FN3/c1-9-6-11(7-10(2)18-9)14(16-3)12-4-5-17-8-13(12)15/h4-8,14,16H,1-3H3. The molecule has 0 saturated heterocycles. The highest BCUT2D eigenvalue weighted by Crippen LogP contribution is 2.24. The molecule has 3 nitrogen and oxygen atoms in total. The summed E-state index contributed by atoms with van der Waals surface area (Å²) in [6, 6.07) is 5.44. The third-order valence-corrected chi connectivity index (χ3v) is 2.84. The van der Waals surface area contributed by atoms with E-state index in [1.807, 2.05) is 33.0 Å². The molecule has 0 aromatic carbocycles. The first-order valence-electron chi connectivity index (χ1n) is 5.83. The number of rotatable bonds is 3. The highest BCUT2D eigenvalue weighted by atomic mass is 19.1. The summed E-state index contributed by atoms with van der Waals surface area (Å²) < 4.78 is 13.8. The van der Waals surface area contributed by atoms with E-state index >= 15 is 0 Å². The summed E-state index contributed by atoms with van der Waals surface area (Å²) in [4.78, 5) is 8.11. The van der Waals surface area contributed by atoms with Crippen molar-refractivity contribution < 1.29 is 4.39 Å². The van der Waals surface area contributed by atoms with Gasteiger partial charge in [0.05, 0.1) is 12.2 Å². The van der Waals surface area contributed by atoms with E-state index in [4.69, 9.17) is 0 Å². The molecule has 0 aliphatic rings. The van der Waals surface area contributed by atoms with E-state index in [0.29, 0.717) is 5.56 Å². The van der Waals surface area contributed by atoms with Crippen molar-refractivity contribution in [1.29, 1.82) is 0 Å². The first-order valence-corrected chi connectivity index (χ1v) is 5.83. The van der Waals surface area contributed by atoms with Crippen LogP contribution in [0.5, 0.6) is 0 Å². The Morgan fingerprint density at radius 2 is 1.89 bits per heavy atom. The Bertz CT molecular complexity index is 534. The third kappa shape index (κ3) is 2.54. The van der Waals surface area contributed by atoms with Crippen LogP contribution in [0, 0.1) is 19.7 Å². The van der Waals surface area contributed by atoms with Crippen LogP contribution in [0.15, 0.2) is 30.6 Å². The van der Waals surface area contributed by atoms with Crippen molar-refractivity contribution in [3.8, 4) is 0 Å². The van der Waals surface area contributed by atoms with Gasteiger partial charge in [0.2, 0.25) is 0 Å². The van der Waals surface area contributed by atoms with Crippen LogP contribution in [0.2, 0.25) is 0 Å². The Labute approximate surface area is 106 Å². The van der Waals surface area contributed by atoms with E-state index < -0.39 is 0 Å². The molecule has 2 rings (SSSR count). The molecule has 0 spiro atoms. The molecule has 0 aliphatic carbocycles. The van der Waals surface area contributed by atoms with Gasteiger partial charge in [-0.05, 0) is 44.7 Å². The Hall–Kier alpha value is -1.81. The molecular weight excluding hydrogens is 229 g/mol. The van der Waals surface area contributed by atoms with E-state index in [1.54, 1.807) is 12.3 Å². The van der Waals surface area contributed by atoms with Crippen LogP contribution in [-0.4, -0.2) is 17.0 Å². The second kappa shape index (κ2) is 5.23. The minimum Gasteiger partial charge on any atom is -0.309 e. The summed E-state index contributed by atoms with van der Waals surface area (Å²) >= 11 is 0. The van der Waals surface area contributed by atoms with Crippen LogP contribution in [0.25, 0.3) is 0 Å². The quantitative estimate of drug-likeness (QED) is 0.903. The third-order valence-electron chi connectivity index (χ3n) is 2.84. The lowest BCUT2D eigenvalue weighted by Crippen LogP contribution is -2.19. The van der Waals surface area contributed by atoms with Crippen LogP contribution < -0.4 is 5.32 Å². The lowest BCUT2D eigenvalue weighted by atomic mass is 9.99. The van der Waals surface area contributed by atoms with Gasteiger partial charge in [-0.15, -0.1) is 0 Å². The molecule has 0 aliphatic heterocycles. The monoisotopic (exact) mass is 245 g/mol. The zero-order chi connectivity index (χ0) is 13.1. The van der Waals surface area contributed by atoms with Gasteiger partial charge in [-0.2, -0.15) is 0 Å². The molecule has 94 valence electrons. The van der Waals surface area contributed by atoms with Gasteiger partial charge in [0.15, 0.2) is 0 Å². The average molecular weight is 245 g/mol. The predicted octanol–water partition coefficient (Wildman–Crippen LogP) is 2.54. The van der Waals surface area contributed by atoms with Crippen molar-refractivity contribution in [3.63, 3.8) is 0 Å². The second-order valence-electron chi connectivity index (χ2n) is 4.30. The lowest BCUT2D eigenvalue weighted by Gasteiger charge is -2.18. The van der Waals surface area contributed by atoms with E-state index in [9.17, 15) is 4.39 Å². The molecule has 1 unspecified atom stereocenters. The van der Waals surface area contributed by atoms with E-state index in [2.05, 4.69) is 15.3 Å². The maximum atomic E-state index is 13.8. The smallest absolute Gasteiger partial charge is 0.146 e. The largest absolute Gasteiger partial charge is 0.309 e. The van der Waals surface area contributed by atoms with Gasteiger partial charge in [0.1, 0.15) is 5.82 Å². The van der Waals surface area contributed by atoms with Crippen molar-refractivity contribution >= 4 is 0 Å². The highest BCUT2D eigenvalue weighted by Gasteiger charge is 2.16. The molecule has 0 radical (unpaired) electrons. The van der Waals surface area contributed by atoms with Crippen LogP contribution in [-0.2, 0) is 0 Å². The second-order valence-corrected chi connectivity index (χ2v) is 4.30. The molecule has 2 heterocycles. The van der Waals surface area contributed by atoms with E-state index in [-0.39, 0.29) is 11.9 Å². The molecule has 1 atom stereocenters. The van der Waals surface area contributed by atoms with Gasteiger partial charge in [-0.1, -0.05) is 0 Å². The highest BCUT2D eigenvalue weighted by molar-refractivity contribution is 5.33. The first kappa shape index (κ1) is 12.6.